The van der Waals surface area contributed by atoms with Crippen LogP contribution in [0.15, 0.2) is 35.5 Å². The molecule has 1 aromatic heterocycles. The highest BCUT2D eigenvalue weighted by atomic mass is 32.1. The lowest BCUT2D eigenvalue weighted by Crippen LogP contribution is -2.36. The molecule has 1 aromatic carbocycles. The summed E-state index contributed by atoms with van der Waals surface area (Å²) in [7, 11) is 0. The number of nitrogens with zero attached hydrogens (tertiary/aromatic N) is 2. The molecule has 2 N–H and O–H groups in total. The molecule has 148 valence electrons. The molecule has 0 amide bonds. The van der Waals surface area contributed by atoms with E-state index in [0.717, 1.165) is 23.9 Å². The molecule has 0 aliphatic carbocycles. The molecule has 0 spiro atoms. The van der Waals surface area contributed by atoms with E-state index in [2.05, 4.69) is 74.5 Å². The van der Waals surface area contributed by atoms with E-state index < -0.39 is 0 Å². The quantitative estimate of drug-likeness (QED) is 0.524. The van der Waals surface area contributed by atoms with Gasteiger partial charge in [-0.05, 0) is 45.2 Å². The van der Waals surface area contributed by atoms with Crippen molar-refractivity contribution in [2.45, 2.75) is 66.3 Å². The number of hydrogen-bond acceptors (Lipinski definition) is 4. The number of aryl methyl sites for hydroxylation is 1. The van der Waals surface area contributed by atoms with Gasteiger partial charge in [0.15, 0.2) is 5.96 Å². The Bertz CT molecular complexity index is 734. The van der Waals surface area contributed by atoms with E-state index in [9.17, 15) is 0 Å². The predicted octanol–water partition coefficient (Wildman–Crippen LogP) is 4.28. The lowest BCUT2D eigenvalue weighted by Gasteiger charge is -2.19. The van der Waals surface area contributed by atoms with Gasteiger partial charge in [-0.2, -0.15) is 0 Å². The molecule has 0 fully saturated rings. The first-order chi connectivity index (χ1) is 12.9. The van der Waals surface area contributed by atoms with Crippen LogP contribution in [-0.2, 0) is 30.9 Å². The summed E-state index contributed by atoms with van der Waals surface area (Å²) in [5, 5.41) is 7.74. The molecule has 0 atom stereocenters. The zero-order chi connectivity index (χ0) is 19.7. The first-order valence-corrected chi connectivity index (χ1v) is 10.4. The van der Waals surface area contributed by atoms with Crippen molar-refractivity contribution in [3.63, 3.8) is 0 Å². The second-order valence-electron chi connectivity index (χ2n) is 7.34. The Kier molecular flexibility index (Phi) is 8.25. The number of benzene rings is 1. The highest BCUT2D eigenvalue weighted by Gasteiger charge is 2.10. The fraction of sp³-hybridized carbons (Fsp3) is 0.524. The summed E-state index contributed by atoms with van der Waals surface area (Å²) in [6, 6.07) is 8.42. The van der Waals surface area contributed by atoms with E-state index in [-0.39, 0.29) is 5.60 Å². The molecule has 6 heteroatoms. The highest BCUT2D eigenvalue weighted by molar-refractivity contribution is 7.11. The highest BCUT2D eigenvalue weighted by Crippen LogP contribution is 2.14. The van der Waals surface area contributed by atoms with Gasteiger partial charge in [-0.1, -0.05) is 31.2 Å². The Morgan fingerprint density at radius 1 is 1.19 bits per heavy atom. The van der Waals surface area contributed by atoms with Crippen molar-refractivity contribution in [1.82, 2.24) is 15.6 Å². The molecular formula is C21H32N4OS. The number of rotatable bonds is 8. The second-order valence-corrected chi connectivity index (χ2v) is 8.54. The summed E-state index contributed by atoms with van der Waals surface area (Å²) in [4.78, 5) is 10.5. The third kappa shape index (κ3) is 8.10. The number of guanidine groups is 1. The van der Waals surface area contributed by atoms with Crippen molar-refractivity contribution >= 4 is 17.3 Å². The van der Waals surface area contributed by atoms with Gasteiger partial charge in [0.25, 0.3) is 0 Å². The Morgan fingerprint density at radius 3 is 2.63 bits per heavy atom. The van der Waals surface area contributed by atoms with Crippen LogP contribution in [-0.4, -0.2) is 23.1 Å². The van der Waals surface area contributed by atoms with Crippen molar-refractivity contribution < 1.29 is 4.74 Å². The van der Waals surface area contributed by atoms with E-state index in [1.807, 2.05) is 6.20 Å². The van der Waals surface area contributed by atoms with Crippen LogP contribution in [0.4, 0.5) is 0 Å². The number of aliphatic imine (C=N–C) groups is 1. The molecule has 0 saturated carbocycles. The van der Waals surface area contributed by atoms with Crippen LogP contribution in [0.25, 0.3) is 0 Å². The zero-order valence-corrected chi connectivity index (χ0v) is 17.9. The van der Waals surface area contributed by atoms with Crippen LogP contribution >= 0.6 is 11.3 Å². The average molecular weight is 389 g/mol. The Morgan fingerprint density at radius 2 is 1.96 bits per heavy atom. The van der Waals surface area contributed by atoms with Gasteiger partial charge in [0.05, 0.1) is 25.3 Å². The van der Waals surface area contributed by atoms with E-state index in [1.54, 1.807) is 11.3 Å². The number of nitrogens with one attached hydrogen (secondary N) is 2. The second kappa shape index (κ2) is 10.4. The number of aromatic nitrogens is 1. The van der Waals surface area contributed by atoms with E-state index in [4.69, 9.17) is 9.73 Å². The Balaban J connectivity index is 1.95. The summed E-state index contributed by atoms with van der Waals surface area (Å²) in [5.41, 5.74) is 2.21. The van der Waals surface area contributed by atoms with Gasteiger partial charge in [0.1, 0.15) is 5.01 Å². The van der Waals surface area contributed by atoms with Crippen molar-refractivity contribution in [2.75, 3.05) is 6.54 Å². The molecule has 27 heavy (non-hydrogen) atoms. The first-order valence-electron chi connectivity index (χ1n) is 9.57. The molecule has 0 bridgehead atoms. The molecule has 0 aliphatic rings. The van der Waals surface area contributed by atoms with Gasteiger partial charge in [-0.15, -0.1) is 11.3 Å². The summed E-state index contributed by atoms with van der Waals surface area (Å²) >= 11 is 1.75. The van der Waals surface area contributed by atoms with Gasteiger partial charge >= 0.3 is 0 Å². The molecule has 2 rings (SSSR count). The lowest BCUT2D eigenvalue weighted by atomic mass is 10.1. The van der Waals surface area contributed by atoms with E-state index in [0.29, 0.717) is 19.7 Å². The molecule has 0 unspecified atom stereocenters. The van der Waals surface area contributed by atoms with Crippen LogP contribution in [0.1, 0.15) is 55.6 Å². The number of ether oxygens (including phenoxy) is 1. The summed E-state index contributed by atoms with van der Waals surface area (Å²) in [6.45, 7) is 13.2. The smallest absolute Gasteiger partial charge is 0.191 e. The SMILES string of the molecule is CCNC(=NCc1cccc(COC(C)(C)C)c1)NCc1ncc(CC)s1. The molecule has 0 radical (unpaired) electrons. The minimum Gasteiger partial charge on any atom is -0.371 e. The minimum atomic E-state index is -0.135. The summed E-state index contributed by atoms with van der Waals surface area (Å²) in [5.74, 6) is 0.807. The number of hydrogen-bond donors (Lipinski definition) is 2. The van der Waals surface area contributed by atoms with Crippen LogP contribution in [0.2, 0.25) is 0 Å². The monoisotopic (exact) mass is 388 g/mol. The van der Waals surface area contributed by atoms with Gasteiger partial charge in [-0.25, -0.2) is 9.98 Å². The van der Waals surface area contributed by atoms with Crippen molar-refractivity contribution in [3.05, 3.63) is 51.5 Å². The Labute approximate surface area is 167 Å². The maximum absolute atomic E-state index is 5.87. The van der Waals surface area contributed by atoms with Crippen molar-refractivity contribution in [1.29, 1.82) is 0 Å². The van der Waals surface area contributed by atoms with E-state index >= 15 is 0 Å². The average Bonchev–Trinajstić information content (AvgIpc) is 3.10. The fourth-order valence-corrected chi connectivity index (χ4v) is 3.18. The standard InChI is InChI=1S/C21H32N4OS/c1-6-18-13-23-19(27-18)14-25-20(22-7-2)24-12-16-9-8-10-17(11-16)15-26-21(3,4)5/h8-11,13H,6-7,12,14-15H2,1-5H3,(H2,22,24,25). The topological polar surface area (TPSA) is 58.5 Å². The van der Waals surface area contributed by atoms with Crippen LogP contribution in [0.3, 0.4) is 0 Å². The van der Waals surface area contributed by atoms with Crippen molar-refractivity contribution in [2.24, 2.45) is 4.99 Å². The van der Waals surface area contributed by atoms with Gasteiger partial charge in [0, 0.05) is 17.6 Å². The molecule has 0 aliphatic heterocycles. The van der Waals surface area contributed by atoms with Crippen LogP contribution in [0, 0.1) is 0 Å². The lowest BCUT2D eigenvalue weighted by molar-refractivity contribution is -0.0149. The summed E-state index contributed by atoms with van der Waals surface area (Å²) < 4.78 is 5.87. The summed E-state index contributed by atoms with van der Waals surface area (Å²) in [6.07, 6.45) is 2.98. The molecule has 2 aromatic rings. The van der Waals surface area contributed by atoms with Gasteiger partial charge in [-0.3, -0.25) is 0 Å². The normalized spacial score (nSPS) is 12.3. The van der Waals surface area contributed by atoms with Crippen LogP contribution in [0.5, 0.6) is 0 Å². The molecule has 1 heterocycles. The third-order valence-electron chi connectivity index (χ3n) is 3.78. The minimum absolute atomic E-state index is 0.135. The first kappa shape index (κ1) is 21.4. The molecule has 0 saturated heterocycles. The van der Waals surface area contributed by atoms with Crippen molar-refractivity contribution in [3.8, 4) is 0 Å². The Hall–Kier alpha value is -1.92. The molecular weight excluding hydrogens is 356 g/mol. The van der Waals surface area contributed by atoms with Crippen LogP contribution < -0.4 is 10.6 Å². The zero-order valence-electron chi connectivity index (χ0n) is 17.1. The maximum atomic E-state index is 5.87. The van der Waals surface area contributed by atoms with Gasteiger partial charge < -0.3 is 15.4 Å². The van der Waals surface area contributed by atoms with E-state index in [1.165, 1.54) is 16.0 Å². The predicted molar refractivity (Wildman–Crippen MR) is 114 cm³/mol. The third-order valence-corrected chi connectivity index (χ3v) is 4.93. The van der Waals surface area contributed by atoms with Gasteiger partial charge in [0.2, 0.25) is 0 Å². The maximum Gasteiger partial charge on any atom is 0.191 e. The fourth-order valence-electron chi connectivity index (χ4n) is 2.38. The molecule has 5 nitrogen and oxygen atoms in total. The number of thiazole rings is 1. The largest absolute Gasteiger partial charge is 0.371 e.